The molecular weight excluding hydrogens is 184 g/mol. The van der Waals surface area contributed by atoms with Crippen LogP contribution < -0.4 is 5.32 Å². The van der Waals surface area contributed by atoms with Gasteiger partial charge in [0.05, 0.1) is 0 Å². The van der Waals surface area contributed by atoms with Crippen molar-refractivity contribution >= 4 is 0 Å². The van der Waals surface area contributed by atoms with Gasteiger partial charge in [0.25, 0.3) is 0 Å². The molecule has 2 heteroatoms. The van der Waals surface area contributed by atoms with Crippen molar-refractivity contribution in [2.45, 2.75) is 47.6 Å². The Morgan fingerprint density at radius 3 is 1.67 bits per heavy atom. The molecule has 2 nitrogen and oxygen atoms in total. The molecule has 15 heavy (non-hydrogen) atoms. The quantitative estimate of drug-likeness (QED) is 0.668. The van der Waals surface area contributed by atoms with Crippen LogP contribution in [0.3, 0.4) is 0 Å². The van der Waals surface area contributed by atoms with Gasteiger partial charge in [-0.15, -0.1) is 0 Å². The summed E-state index contributed by atoms with van der Waals surface area (Å²) in [5, 5.41) is 3.48. The Balaban J connectivity index is 3.79. The zero-order chi connectivity index (χ0) is 11.8. The summed E-state index contributed by atoms with van der Waals surface area (Å²) in [6.07, 6.45) is 0. The molecular formula is C13H30N2. The van der Waals surface area contributed by atoms with Gasteiger partial charge in [0.15, 0.2) is 0 Å². The first-order valence-electron chi connectivity index (χ1n) is 6.37. The molecule has 0 saturated carbocycles. The minimum absolute atomic E-state index is 0.602. The first kappa shape index (κ1) is 14.9. The molecule has 0 atom stereocenters. The Labute approximate surface area is 96.4 Å². The number of nitrogens with zero attached hydrogens (tertiary/aromatic N) is 1. The van der Waals surface area contributed by atoms with Crippen LogP contribution in [0.5, 0.6) is 0 Å². The molecule has 0 heterocycles. The minimum atomic E-state index is 0.602. The predicted octanol–water partition coefficient (Wildman–Crippen LogP) is 2.60. The van der Waals surface area contributed by atoms with Gasteiger partial charge in [-0.2, -0.15) is 0 Å². The van der Waals surface area contributed by atoms with Gasteiger partial charge in [-0.3, -0.25) is 0 Å². The molecule has 0 radical (unpaired) electrons. The van der Waals surface area contributed by atoms with Gasteiger partial charge in [-0.1, -0.05) is 41.5 Å². The van der Waals surface area contributed by atoms with E-state index in [2.05, 4.69) is 51.8 Å². The molecule has 1 N–H and O–H groups in total. The normalized spacial score (nSPS) is 12.4. The monoisotopic (exact) mass is 214 g/mol. The minimum Gasteiger partial charge on any atom is -0.313 e. The Morgan fingerprint density at radius 2 is 1.33 bits per heavy atom. The van der Waals surface area contributed by atoms with E-state index in [-0.39, 0.29) is 0 Å². The van der Waals surface area contributed by atoms with Crippen LogP contribution in [0.4, 0.5) is 0 Å². The summed E-state index contributed by atoms with van der Waals surface area (Å²) in [7, 11) is 0. The second-order valence-corrected chi connectivity index (χ2v) is 5.66. The summed E-state index contributed by atoms with van der Waals surface area (Å²) < 4.78 is 0. The molecule has 0 aliphatic rings. The zero-order valence-corrected chi connectivity index (χ0v) is 11.5. The Morgan fingerprint density at radius 1 is 0.867 bits per heavy atom. The lowest BCUT2D eigenvalue weighted by atomic mass is 10.1. The van der Waals surface area contributed by atoms with Gasteiger partial charge in [0, 0.05) is 32.2 Å². The molecule has 0 saturated heterocycles. The van der Waals surface area contributed by atoms with Crippen LogP contribution >= 0.6 is 0 Å². The van der Waals surface area contributed by atoms with E-state index in [1.165, 1.54) is 19.6 Å². The van der Waals surface area contributed by atoms with Crippen LogP contribution in [0, 0.1) is 11.8 Å². The van der Waals surface area contributed by atoms with Gasteiger partial charge >= 0.3 is 0 Å². The summed E-state index contributed by atoms with van der Waals surface area (Å²) >= 11 is 0. The van der Waals surface area contributed by atoms with E-state index in [1.54, 1.807) is 0 Å². The number of rotatable bonds is 8. The molecule has 0 rings (SSSR count). The van der Waals surface area contributed by atoms with Crippen LogP contribution in [-0.2, 0) is 0 Å². The van der Waals surface area contributed by atoms with E-state index in [0.717, 1.165) is 18.4 Å². The number of nitrogens with one attached hydrogen (secondary N) is 1. The number of hydrogen-bond donors (Lipinski definition) is 1. The van der Waals surface area contributed by atoms with Gasteiger partial charge in [0.1, 0.15) is 0 Å². The van der Waals surface area contributed by atoms with E-state index in [4.69, 9.17) is 0 Å². The molecule has 92 valence electrons. The Hall–Kier alpha value is -0.0800. The summed E-state index contributed by atoms with van der Waals surface area (Å²) in [5.74, 6) is 1.53. The average molecular weight is 214 g/mol. The lowest BCUT2D eigenvalue weighted by Crippen LogP contribution is -2.38. The molecule has 0 bridgehead atoms. The fraction of sp³-hybridized carbons (Fsp3) is 1.00. The lowest BCUT2D eigenvalue weighted by molar-refractivity contribution is 0.218. The highest BCUT2D eigenvalue weighted by atomic mass is 15.1. The summed E-state index contributed by atoms with van der Waals surface area (Å²) in [5.41, 5.74) is 0. The van der Waals surface area contributed by atoms with Crippen molar-refractivity contribution < 1.29 is 0 Å². The summed E-state index contributed by atoms with van der Waals surface area (Å²) in [6.45, 7) is 18.3. The first-order valence-corrected chi connectivity index (χ1v) is 6.37. The molecule has 0 fully saturated rings. The van der Waals surface area contributed by atoms with Crippen molar-refractivity contribution in [1.82, 2.24) is 10.2 Å². The average Bonchev–Trinajstić information content (AvgIpc) is 2.00. The zero-order valence-electron chi connectivity index (χ0n) is 11.5. The van der Waals surface area contributed by atoms with Gasteiger partial charge < -0.3 is 10.2 Å². The Kier molecular flexibility index (Phi) is 8.07. The maximum absolute atomic E-state index is 3.48. The van der Waals surface area contributed by atoms with Crippen molar-refractivity contribution in [3.05, 3.63) is 0 Å². The van der Waals surface area contributed by atoms with Crippen LogP contribution in [0.15, 0.2) is 0 Å². The first-order chi connectivity index (χ1) is 6.91. The molecule has 0 aliphatic carbocycles. The SMILES string of the molecule is CC(C)CN(CCNC(C)C)CC(C)C. The van der Waals surface area contributed by atoms with Crippen molar-refractivity contribution in [2.24, 2.45) is 11.8 Å². The van der Waals surface area contributed by atoms with E-state index in [0.29, 0.717) is 6.04 Å². The van der Waals surface area contributed by atoms with Gasteiger partial charge in [-0.05, 0) is 11.8 Å². The third kappa shape index (κ3) is 10.2. The van der Waals surface area contributed by atoms with E-state index in [1.807, 2.05) is 0 Å². The van der Waals surface area contributed by atoms with Crippen molar-refractivity contribution in [2.75, 3.05) is 26.2 Å². The highest BCUT2D eigenvalue weighted by Crippen LogP contribution is 2.02. The Bertz CT molecular complexity index is 131. The molecule has 0 aliphatic heterocycles. The maximum Gasteiger partial charge on any atom is 0.0107 e. The molecule has 0 spiro atoms. The third-order valence-corrected chi connectivity index (χ3v) is 2.23. The number of hydrogen-bond acceptors (Lipinski definition) is 2. The smallest absolute Gasteiger partial charge is 0.0107 e. The van der Waals surface area contributed by atoms with Crippen LogP contribution in [0.2, 0.25) is 0 Å². The largest absolute Gasteiger partial charge is 0.313 e. The molecule has 0 aromatic rings. The van der Waals surface area contributed by atoms with Crippen molar-refractivity contribution in [3.8, 4) is 0 Å². The fourth-order valence-electron chi connectivity index (χ4n) is 1.80. The van der Waals surface area contributed by atoms with Crippen molar-refractivity contribution in [1.29, 1.82) is 0 Å². The molecule has 0 unspecified atom stereocenters. The summed E-state index contributed by atoms with van der Waals surface area (Å²) in [4.78, 5) is 2.57. The maximum atomic E-state index is 3.48. The summed E-state index contributed by atoms with van der Waals surface area (Å²) in [6, 6.07) is 0.602. The van der Waals surface area contributed by atoms with E-state index >= 15 is 0 Å². The lowest BCUT2D eigenvalue weighted by Gasteiger charge is -2.26. The predicted molar refractivity (Wildman–Crippen MR) is 69.3 cm³/mol. The molecule has 0 aromatic carbocycles. The second-order valence-electron chi connectivity index (χ2n) is 5.66. The third-order valence-electron chi connectivity index (χ3n) is 2.23. The molecule has 0 amide bonds. The van der Waals surface area contributed by atoms with E-state index < -0.39 is 0 Å². The topological polar surface area (TPSA) is 15.3 Å². The second kappa shape index (κ2) is 8.12. The highest BCUT2D eigenvalue weighted by Gasteiger charge is 2.08. The fourth-order valence-corrected chi connectivity index (χ4v) is 1.80. The van der Waals surface area contributed by atoms with Crippen molar-refractivity contribution in [3.63, 3.8) is 0 Å². The molecule has 0 aromatic heterocycles. The van der Waals surface area contributed by atoms with Gasteiger partial charge in [-0.25, -0.2) is 0 Å². The van der Waals surface area contributed by atoms with Crippen LogP contribution in [-0.4, -0.2) is 37.1 Å². The van der Waals surface area contributed by atoms with Gasteiger partial charge in [0.2, 0.25) is 0 Å². The standard InChI is InChI=1S/C13H30N2/c1-11(2)9-15(10-12(3)4)8-7-14-13(5)6/h11-14H,7-10H2,1-6H3. The van der Waals surface area contributed by atoms with E-state index in [9.17, 15) is 0 Å². The van der Waals surface area contributed by atoms with Crippen LogP contribution in [0.25, 0.3) is 0 Å². The van der Waals surface area contributed by atoms with Crippen LogP contribution in [0.1, 0.15) is 41.5 Å². The highest BCUT2D eigenvalue weighted by molar-refractivity contribution is 4.65.